The second kappa shape index (κ2) is 9.36. The molecule has 0 saturated heterocycles. The first-order chi connectivity index (χ1) is 10.1. The zero-order valence-corrected chi connectivity index (χ0v) is 14.7. The lowest BCUT2D eigenvalue weighted by Gasteiger charge is -2.26. The van der Waals surface area contributed by atoms with Gasteiger partial charge in [-0.25, -0.2) is 8.78 Å². The molecular weight excluding hydrogens is 338 g/mol. The minimum Gasteiger partial charge on any atom is -0.367 e. The highest BCUT2D eigenvalue weighted by Crippen LogP contribution is 2.26. The third-order valence-electron chi connectivity index (χ3n) is 3.73. The van der Waals surface area contributed by atoms with Crippen molar-refractivity contribution in [1.29, 1.82) is 0 Å². The van der Waals surface area contributed by atoms with E-state index in [4.69, 9.17) is 0 Å². The Bertz CT molecular complexity index is 413. The highest BCUT2D eigenvalue weighted by Gasteiger charge is 2.17. The normalized spacial score (nSPS) is 11.2. The molecule has 0 aliphatic rings. The van der Waals surface area contributed by atoms with Gasteiger partial charge in [0.05, 0.1) is 0 Å². The lowest BCUT2D eigenvalue weighted by Crippen LogP contribution is -2.31. The number of alkyl halides is 1. The van der Waals surface area contributed by atoms with Crippen molar-refractivity contribution < 1.29 is 8.78 Å². The Morgan fingerprint density at radius 3 is 1.95 bits per heavy atom. The van der Waals surface area contributed by atoms with Crippen LogP contribution in [0.15, 0.2) is 12.1 Å². The molecule has 5 heteroatoms. The van der Waals surface area contributed by atoms with Gasteiger partial charge >= 0.3 is 0 Å². The van der Waals surface area contributed by atoms with E-state index in [2.05, 4.69) is 34.7 Å². The SMILES string of the molecule is CCN(CC)CCCN(CC)c1c(F)cc(CBr)cc1F. The third kappa shape index (κ3) is 5.22. The minimum atomic E-state index is -0.478. The maximum Gasteiger partial charge on any atom is 0.149 e. The standard InChI is InChI=1S/C16H25BrF2N2/c1-4-20(5-2)8-7-9-21(6-3)16-14(18)10-13(12-17)11-15(16)19/h10-11H,4-9,12H2,1-3H3. The largest absolute Gasteiger partial charge is 0.367 e. The van der Waals surface area contributed by atoms with E-state index in [9.17, 15) is 8.78 Å². The molecule has 2 nitrogen and oxygen atoms in total. The molecule has 0 aromatic heterocycles. The topological polar surface area (TPSA) is 6.48 Å². The van der Waals surface area contributed by atoms with Gasteiger partial charge in [-0.05, 0) is 50.7 Å². The summed E-state index contributed by atoms with van der Waals surface area (Å²) in [6.45, 7) is 10.4. The Kier molecular flexibility index (Phi) is 8.19. The van der Waals surface area contributed by atoms with Crippen LogP contribution >= 0.6 is 15.9 Å². The first-order valence-corrected chi connectivity index (χ1v) is 8.70. The van der Waals surface area contributed by atoms with Crippen molar-refractivity contribution in [2.75, 3.05) is 37.6 Å². The molecule has 0 unspecified atom stereocenters. The lowest BCUT2D eigenvalue weighted by molar-refractivity contribution is 0.300. The molecule has 0 radical (unpaired) electrons. The number of benzene rings is 1. The van der Waals surface area contributed by atoms with Crippen molar-refractivity contribution in [2.45, 2.75) is 32.5 Å². The van der Waals surface area contributed by atoms with E-state index >= 15 is 0 Å². The summed E-state index contributed by atoms with van der Waals surface area (Å²) in [5.74, 6) is -0.955. The van der Waals surface area contributed by atoms with Gasteiger partial charge in [0.15, 0.2) is 0 Å². The van der Waals surface area contributed by atoms with E-state index < -0.39 is 11.6 Å². The molecule has 1 aromatic carbocycles. The van der Waals surface area contributed by atoms with E-state index in [-0.39, 0.29) is 5.69 Å². The predicted octanol–water partition coefficient (Wildman–Crippen LogP) is 4.42. The van der Waals surface area contributed by atoms with Gasteiger partial charge in [0, 0.05) is 18.4 Å². The minimum absolute atomic E-state index is 0.0988. The van der Waals surface area contributed by atoms with Gasteiger partial charge in [0.25, 0.3) is 0 Å². The van der Waals surface area contributed by atoms with Gasteiger partial charge in [-0.15, -0.1) is 0 Å². The number of rotatable bonds is 9. The fourth-order valence-electron chi connectivity index (χ4n) is 2.45. The first-order valence-electron chi connectivity index (χ1n) is 7.58. The Labute approximate surface area is 135 Å². The molecule has 21 heavy (non-hydrogen) atoms. The molecule has 1 rings (SSSR count). The van der Waals surface area contributed by atoms with Crippen LogP contribution in [0.25, 0.3) is 0 Å². The predicted molar refractivity (Wildman–Crippen MR) is 89.3 cm³/mol. The summed E-state index contributed by atoms with van der Waals surface area (Å²) in [6.07, 6.45) is 0.897. The van der Waals surface area contributed by atoms with E-state index in [0.717, 1.165) is 26.1 Å². The Morgan fingerprint density at radius 2 is 1.52 bits per heavy atom. The second-order valence-electron chi connectivity index (χ2n) is 5.00. The van der Waals surface area contributed by atoms with Crippen molar-refractivity contribution in [3.05, 3.63) is 29.3 Å². The van der Waals surface area contributed by atoms with Crippen LogP contribution in [0.2, 0.25) is 0 Å². The molecule has 0 aliphatic carbocycles. The molecule has 0 amide bonds. The third-order valence-corrected chi connectivity index (χ3v) is 4.37. The van der Waals surface area contributed by atoms with Crippen LogP contribution in [0, 0.1) is 11.6 Å². The van der Waals surface area contributed by atoms with Crippen molar-refractivity contribution in [3.8, 4) is 0 Å². The van der Waals surface area contributed by atoms with E-state index in [0.29, 0.717) is 24.0 Å². The van der Waals surface area contributed by atoms with Gasteiger partial charge in [0.2, 0.25) is 0 Å². The molecular formula is C16H25BrF2N2. The van der Waals surface area contributed by atoms with Gasteiger partial charge in [0.1, 0.15) is 17.3 Å². The van der Waals surface area contributed by atoms with Gasteiger partial charge in [-0.2, -0.15) is 0 Å². The summed E-state index contributed by atoms with van der Waals surface area (Å²) in [5, 5.41) is 0.454. The number of nitrogens with zero attached hydrogens (tertiary/aromatic N) is 2. The van der Waals surface area contributed by atoms with Crippen LogP contribution in [0.4, 0.5) is 14.5 Å². The summed E-state index contributed by atoms with van der Waals surface area (Å²) in [7, 11) is 0. The zero-order valence-electron chi connectivity index (χ0n) is 13.1. The molecule has 0 aliphatic heterocycles. The van der Waals surface area contributed by atoms with Crippen molar-refractivity contribution in [1.82, 2.24) is 4.90 Å². The van der Waals surface area contributed by atoms with Crippen LogP contribution in [0.1, 0.15) is 32.8 Å². The molecule has 0 spiro atoms. The molecule has 120 valence electrons. The fraction of sp³-hybridized carbons (Fsp3) is 0.625. The Hall–Kier alpha value is -0.680. The van der Waals surface area contributed by atoms with Crippen molar-refractivity contribution in [2.24, 2.45) is 0 Å². The maximum absolute atomic E-state index is 14.1. The van der Waals surface area contributed by atoms with Crippen LogP contribution in [0.5, 0.6) is 0 Å². The number of halogens is 3. The van der Waals surface area contributed by atoms with Crippen LogP contribution in [-0.4, -0.2) is 37.6 Å². The Balaban J connectivity index is 2.76. The smallest absolute Gasteiger partial charge is 0.149 e. The summed E-state index contributed by atoms with van der Waals surface area (Å²) < 4.78 is 28.3. The molecule has 0 heterocycles. The first kappa shape index (κ1) is 18.4. The number of hydrogen-bond donors (Lipinski definition) is 0. The average molecular weight is 363 g/mol. The van der Waals surface area contributed by atoms with Gasteiger partial charge in [-0.3, -0.25) is 0 Å². The van der Waals surface area contributed by atoms with Crippen LogP contribution < -0.4 is 4.90 Å². The summed E-state index contributed by atoms with van der Waals surface area (Å²) >= 11 is 3.23. The molecule has 0 saturated carbocycles. The van der Waals surface area contributed by atoms with E-state index in [1.165, 1.54) is 12.1 Å². The van der Waals surface area contributed by atoms with E-state index in [1.54, 1.807) is 4.90 Å². The maximum atomic E-state index is 14.1. The Morgan fingerprint density at radius 1 is 0.952 bits per heavy atom. The second-order valence-corrected chi connectivity index (χ2v) is 5.56. The van der Waals surface area contributed by atoms with Gasteiger partial charge < -0.3 is 9.80 Å². The molecule has 0 bridgehead atoms. The van der Waals surface area contributed by atoms with Gasteiger partial charge in [-0.1, -0.05) is 29.8 Å². The number of anilines is 1. The average Bonchev–Trinajstić information content (AvgIpc) is 2.48. The quantitative estimate of drug-likeness (QED) is 0.600. The summed E-state index contributed by atoms with van der Waals surface area (Å²) in [4.78, 5) is 4.10. The molecule has 0 N–H and O–H groups in total. The van der Waals surface area contributed by atoms with Crippen LogP contribution in [0.3, 0.4) is 0 Å². The van der Waals surface area contributed by atoms with E-state index in [1.807, 2.05) is 6.92 Å². The highest BCUT2D eigenvalue weighted by atomic mass is 79.9. The number of hydrogen-bond acceptors (Lipinski definition) is 2. The zero-order chi connectivity index (χ0) is 15.8. The summed E-state index contributed by atoms with van der Waals surface area (Å²) in [6, 6.07) is 2.81. The molecule has 1 aromatic rings. The van der Waals surface area contributed by atoms with Crippen molar-refractivity contribution in [3.63, 3.8) is 0 Å². The fourth-order valence-corrected chi connectivity index (χ4v) is 2.77. The monoisotopic (exact) mass is 362 g/mol. The lowest BCUT2D eigenvalue weighted by atomic mass is 10.2. The highest BCUT2D eigenvalue weighted by molar-refractivity contribution is 9.08. The molecule has 0 fully saturated rings. The summed E-state index contributed by atoms with van der Waals surface area (Å²) in [5.41, 5.74) is 0.717. The molecule has 0 atom stereocenters. The van der Waals surface area contributed by atoms with Crippen molar-refractivity contribution >= 4 is 21.6 Å². The van der Waals surface area contributed by atoms with Crippen LogP contribution in [-0.2, 0) is 5.33 Å².